The minimum atomic E-state index is -3.60. The quantitative estimate of drug-likeness (QED) is 0.822. The van der Waals surface area contributed by atoms with Crippen LogP contribution in [0, 0.1) is 5.92 Å². The van der Waals surface area contributed by atoms with Crippen LogP contribution in [0.4, 0.5) is 0 Å². The van der Waals surface area contributed by atoms with Crippen LogP contribution in [0.5, 0.6) is 11.5 Å². The van der Waals surface area contributed by atoms with E-state index in [1.165, 1.54) is 6.07 Å². The Morgan fingerprint density at radius 2 is 1.92 bits per heavy atom. The van der Waals surface area contributed by atoms with Gasteiger partial charge in [0.25, 0.3) is 0 Å². The average Bonchev–Trinajstić information content (AvgIpc) is 2.90. The molecule has 2 N–H and O–H groups in total. The summed E-state index contributed by atoms with van der Waals surface area (Å²) in [6.07, 6.45) is 0. The Balaban J connectivity index is 1.66. The highest BCUT2D eigenvalue weighted by molar-refractivity contribution is 7.89. The molecule has 0 unspecified atom stereocenters. The van der Waals surface area contributed by atoms with Crippen LogP contribution >= 0.6 is 0 Å². The molecular weight excluding hydrogens is 340 g/mol. The Morgan fingerprint density at radius 1 is 1.12 bits per heavy atom. The van der Waals surface area contributed by atoms with Crippen molar-refractivity contribution in [2.45, 2.75) is 4.90 Å². The number of ether oxygens (including phenoxy) is 2. The number of nitrogens with one attached hydrogen (secondary N) is 2. The largest absolute Gasteiger partial charge is 0.457 e. The monoisotopic (exact) mass is 362 g/mol. The fourth-order valence-electron chi connectivity index (χ4n) is 2.53. The third kappa shape index (κ3) is 5.27. The molecule has 134 valence electrons. The van der Waals surface area contributed by atoms with Crippen LogP contribution in [-0.2, 0) is 14.8 Å². The maximum atomic E-state index is 12.5. The van der Waals surface area contributed by atoms with Crippen LogP contribution in [0.15, 0.2) is 59.5 Å². The fraction of sp³-hybridized carbons (Fsp3) is 0.333. The summed E-state index contributed by atoms with van der Waals surface area (Å²) in [5, 5.41) is 3.23. The predicted molar refractivity (Wildman–Crippen MR) is 95.3 cm³/mol. The van der Waals surface area contributed by atoms with Gasteiger partial charge in [-0.15, -0.1) is 0 Å². The molecule has 1 atom stereocenters. The van der Waals surface area contributed by atoms with Gasteiger partial charge in [-0.2, -0.15) is 0 Å². The molecule has 0 aliphatic carbocycles. The standard InChI is InChI=1S/C18H22N2O4S/c21-25(22,20-13-15-12-19-9-10-23-14-15)18-8-4-7-17(11-18)24-16-5-2-1-3-6-16/h1-8,11,15,19-20H,9-10,12-14H2/t15-/m1/s1. The van der Waals surface area contributed by atoms with E-state index in [2.05, 4.69) is 10.0 Å². The van der Waals surface area contributed by atoms with E-state index in [1.807, 2.05) is 30.3 Å². The van der Waals surface area contributed by atoms with Crippen molar-refractivity contribution in [1.82, 2.24) is 10.0 Å². The molecule has 25 heavy (non-hydrogen) atoms. The Kier molecular flexibility index (Phi) is 6.04. The van der Waals surface area contributed by atoms with Crippen molar-refractivity contribution in [2.75, 3.05) is 32.8 Å². The molecule has 2 aromatic carbocycles. The van der Waals surface area contributed by atoms with Crippen molar-refractivity contribution in [2.24, 2.45) is 5.92 Å². The molecule has 0 bridgehead atoms. The van der Waals surface area contributed by atoms with Crippen molar-refractivity contribution >= 4 is 10.0 Å². The van der Waals surface area contributed by atoms with E-state index >= 15 is 0 Å². The van der Waals surface area contributed by atoms with Gasteiger partial charge in [0.05, 0.1) is 18.1 Å². The molecule has 6 nitrogen and oxygen atoms in total. The second kappa shape index (κ2) is 8.44. The van der Waals surface area contributed by atoms with Gasteiger partial charge < -0.3 is 14.8 Å². The van der Waals surface area contributed by atoms with Crippen LogP contribution in [-0.4, -0.2) is 41.3 Å². The SMILES string of the molecule is O=S(=O)(NC[C@H]1CNCCOC1)c1cccc(Oc2ccccc2)c1. The molecule has 1 heterocycles. The number of benzene rings is 2. The van der Waals surface area contributed by atoms with E-state index in [0.29, 0.717) is 31.3 Å². The normalized spacial score (nSPS) is 18.5. The first kappa shape index (κ1) is 17.9. The van der Waals surface area contributed by atoms with Crippen LogP contribution in [0.25, 0.3) is 0 Å². The lowest BCUT2D eigenvalue weighted by atomic mass is 10.2. The third-order valence-electron chi connectivity index (χ3n) is 3.87. The molecule has 7 heteroatoms. The third-order valence-corrected chi connectivity index (χ3v) is 5.29. The van der Waals surface area contributed by atoms with E-state index in [1.54, 1.807) is 18.2 Å². The number of hydrogen-bond donors (Lipinski definition) is 2. The highest BCUT2D eigenvalue weighted by Crippen LogP contribution is 2.23. The molecule has 0 saturated carbocycles. The summed E-state index contributed by atoms with van der Waals surface area (Å²) in [5.74, 6) is 1.25. The van der Waals surface area contributed by atoms with Crippen molar-refractivity contribution in [3.8, 4) is 11.5 Å². The molecule has 0 spiro atoms. The van der Waals surface area contributed by atoms with Crippen molar-refractivity contribution in [3.63, 3.8) is 0 Å². The zero-order valence-electron chi connectivity index (χ0n) is 13.9. The lowest BCUT2D eigenvalue weighted by Gasteiger charge is -2.15. The van der Waals surface area contributed by atoms with Gasteiger partial charge in [0.1, 0.15) is 11.5 Å². The number of sulfonamides is 1. The summed E-state index contributed by atoms with van der Waals surface area (Å²) in [5.41, 5.74) is 0. The maximum absolute atomic E-state index is 12.5. The summed E-state index contributed by atoms with van der Waals surface area (Å²) in [7, 11) is -3.60. The highest BCUT2D eigenvalue weighted by atomic mass is 32.2. The first-order valence-electron chi connectivity index (χ1n) is 8.24. The van der Waals surface area contributed by atoms with Gasteiger partial charge in [0, 0.05) is 31.6 Å². The van der Waals surface area contributed by atoms with E-state index in [4.69, 9.17) is 9.47 Å². The molecule has 1 aliphatic heterocycles. The first-order valence-corrected chi connectivity index (χ1v) is 9.73. The van der Waals surface area contributed by atoms with Crippen LogP contribution in [0.1, 0.15) is 0 Å². The smallest absolute Gasteiger partial charge is 0.240 e. The minimum absolute atomic E-state index is 0.112. The summed E-state index contributed by atoms with van der Waals surface area (Å²) in [4.78, 5) is 0.184. The van der Waals surface area contributed by atoms with Gasteiger partial charge in [0.15, 0.2) is 0 Å². The molecule has 3 rings (SSSR count). The second-order valence-corrected chi connectivity index (χ2v) is 7.65. The summed E-state index contributed by atoms with van der Waals surface area (Å²) in [6.45, 7) is 3.07. The Hall–Kier alpha value is -1.93. The van der Waals surface area contributed by atoms with Crippen molar-refractivity contribution in [1.29, 1.82) is 0 Å². The van der Waals surface area contributed by atoms with Gasteiger partial charge in [-0.25, -0.2) is 13.1 Å². The zero-order chi connectivity index (χ0) is 17.5. The number of rotatable bonds is 6. The fourth-order valence-corrected chi connectivity index (χ4v) is 3.68. The summed E-state index contributed by atoms with van der Waals surface area (Å²) in [6, 6.07) is 15.7. The summed E-state index contributed by atoms with van der Waals surface area (Å²) >= 11 is 0. The molecule has 0 amide bonds. The summed E-state index contributed by atoms with van der Waals surface area (Å²) < 4.78 is 38.9. The van der Waals surface area contributed by atoms with Crippen molar-refractivity contribution in [3.05, 3.63) is 54.6 Å². The first-order chi connectivity index (χ1) is 12.1. The van der Waals surface area contributed by atoms with E-state index < -0.39 is 10.0 Å². The molecule has 1 saturated heterocycles. The van der Waals surface area contributed by atoms with Crippen LogP contribution < -0.4 is 14.8 Å². The van der Waals surface area contributed by atoms with Crippen LogP contribution in [0.2, 0.25) is 0 Å². The van der Waals surface area contributed by atoms with E-state index in [0.717, 1.165) is 13.1 Å². The highest BCUT2D eigenvalue weighted by Gasteiger charge is 2.19. The van der Waals surface area contributed by atoms with Gasteiger partial charge in [0.2, 0.25) is 10.0 Å². The van der Waals surface area contributed by atoms with E-state index in [-0.39, 0.29) is 10.8 Å². The van der Waals surface area contributed by atoms with Crippen LogP contribution in [0.3, 0.4) is 0 Å². The number of para-hydroxylation sites is 1. The van der Waals surface area contributed by atoms with Gasteiger partial charge in [-0.3, -0.25) is 0 Å². The topological polar surface area (TPSA) is 76.7 Å². The Labute approximate surface area is 148 Å². The minimum Gasteiger partial charge on any atom is -0.457 e. The predicted octanol–water partition coefficient (Wildman–Crippen LogP) is 1.99. The molecule has 0 aromatic heterocycles. The Bertz CT molecular complexity index is 773. The van der Waals surface area contributed by atoms with Gasteiger partial charge in [-0.1, -0.05) is 24.3 Å². The average molecular weight is 362 g/mol. The molecule has 2 aromatic rings. The lowest BCUT2D eigenvalue weighted by Crippen LogP contribution is -2.35. The molecule has 1 aliphatic rings. The molecule has 0 radical (unpaired) electrons. The maximum Gasteiger partial charge on any atom is 0.240 e. The van der Waals surface area contributed by atoms with Gasteiger partial charge >= 0.3 is 0 Å². The second-order valence-electron chi connectivity index (χ2n) is 5.89. The zero-order valence-corrected chi connectivity index (χ0v) is 14.7. The molecular formula is C18H22N2O4S. The van der Waals surface area contributed by atoms with E-state index in [9.17, 15) is 8.42 Å². The number of hydrogen-bond acceptors (Lipinski definition) is 5. The van der Waals surface area contributed by atoms with Crippen molar-refractivity contribution < 1.29 is 17.9 Å². The molecule has 1 fully saturated rings. The Morgan fingerprint density at radius 3 is 2.76 bits per heavy atom. The lowest BCUT2D eigenvalue weighted by molar-refractivity contribution is 0.124. The van der Waals surface area contributed by atoms with Gasteiger partial charge in [-0.05, 0) is 24.3 Å².